The Labute approximate surface area is 115 Å². The zero-order valence-corrected chi connectivity index (χ0v) is 12.3. The molecule has 0 spiro atoms. The highest BCUT2D eigenvalue weighted by molar-refractivity contribution is 9.10. The number of aromatic nitrogens is 2. The number of hydrogen-bond donors (Lipinski definition) is 0. The van der Waals surface area contributed by atoms with E-state index in [0.29, 0.717) is 0 Å². The summed E-state index contributed by atoms with van der Waals surface area (Å²) in [5, 5.41) is 4.34. The number of nitrogens with zero attached hydrogens (tertiary/aromatic N) is 2. The molecule has 0 bridgehead atoms. The van der Waals surface area contributed by atoms with E-state index < -0.39 is 0 Å². The van der Waals surface area contributed by atoms with Crippen molar-refractivity contribution >= 4 is 21.7 Å². The van der Waals surface area contributed by atoms with Crippen molar-refractivity contribution in [2.45, 2.75) is 27.3 Å². The van der Waals surface area contributed by atoms with Gasteiger partial charge >= 0.3 is 0 Å². The lowest BCUT2D eigenvalue weighted by molar-refractivity contribution is 0.0966. The molecule has 94 valence electrons. The normalized spacial score (nSPS) is 10.7. The van der Waals surface area contributed by atoms with Crippen molar-refractivity contribution in [1.29, 1.82) is 0 Å². The van der Waals surface area contributed by atoms with Crippen LogP contribution in [0.2, 0.25) is 0 Å². The number of ketones is 1. The number of hydrogen-bond acceptors (Lipinski definition) is 2. The van der Waals surface area contributed by atoms with Crippen LogP contribution in [0.4, 0.5) is 0 Å². The summed E-state index contributed by atoms with van der Waals surface area (Å²) in [5.74, 6) is 0.0769. The first-order valence-corrected chi connectivity index (χ1v) is 6.57. The number of Topliss-reactive ketones (excluding diaryl/α,β-unsaturated/α-hetero) is 1. The summed E-state index contributed by atoms with van der Waals surface area (Å²) in [7, 11) is 0. The molecule has 2 aromatic rings. The Morgan fingerprint density at radius 1 is 1.22 bits per heavy atom. The second-order valence-corrected chi connectivity index (χ2v) is 5.22. The van der Waals surface area contributed by atoms with Crippen LogP contribution in [0.5, 0.6) is 0 Å². The highest BCUT2D eigenvalue weighted by Gasteiger charge is 2.12. The Kier molecular flexibility index (Phi) is 3.66. The zero-order valence-electron chi connectivity index (χ0n) is 10.7. The average Bonchev–Trinajstić information content (AvgIpc) is 2.58. The van der Waals surface area contributed by atoms with Crippen LogP contribution in [0.25, 0.3) is 0 Å². The molecule has 0 saturated heterocycles. The van der Waals surface area contributed by atoms with Crippen molar-refractivity contribution < 1.29 is 4.79 Å². The van der Waals surface area contributed by atoms with Crippen molar-refractivity contribution in [2.24, 2.45) is 0 Å². The maximum absolute atomic E-state index is 12.1. The fraction of sp³-hybridized carbons (Fsp3) is 0.286. The number of carbonyl (C=O) groups is 1. The van der Waals surface area contributed by atoms with Crippen molar-refractivity contribution in [3.63, 3.8) is 0 Å². The van der Waals surface area contributed by atoms with Gasteiger partial charge in [0.25, 0.3) is 0 Å². The fourth-order valence-electron chi connectivity index (χ4n) is 1.80. The van der Waals surface area contributed by atoms with Gasteiger partial charge in [-0.2, -0.15) is 5.10 Å². The first-order valence-electron chi connectivity index (χ1n) is 5.78. The Hall–Kier alpha value is -1.42. The maximum Gasteiger partial charge on any atom is 0.184 e. The fourth-order valence-corrected chi connectivity index (χ4v) is 2.08. The van der Waals surface area contributed by atoms with Crippen LogP contribution in [0, 0.1) is 20.8 Å². The lowest BCUT2D eigenvalue weighted by Gasteiger charge is -2.04. The molecular formula is C14H15BrN2O. The minimum absolute atomic E-state index is 0.0769. The summed E-state index contributed by atoms with van der Waals surface area (Å²) in [5.41, 5.74) is 3.77. The first kappa shape index (κ1) is 13.0. The molecule has 4 heteroatoms. The molecule has 0 saturated carbocycles. The van der Waals surface area contributed by atoms with Crippen LogP contribution in [0.3, 0.4) is 0 Å². The van der Waals surface area contributed by atoms with Crippen LogP contribution in [-0.4, -0.2) is 15.6 Å². The Balaban J connectivity index is 2.21. The van der Waals surface area contributed by atoms with Crippen LogP contribution in [-0.2, 0) is 6.54 Å². The molecule has 0 amide bonds. The van der Waals surface area contributed by atoms with Gasteiger partial charge in [-0.05, 0) is 36.7 Å². The molecule has 0 unspecified atom stereocenters. The van der Waals surface area contributed by atoms with Gasteiger partial charge in [-0.25, -0.2) is 0 Å². The lowest BCUT2D eigenvalue weighted by Crippen LogP contribution is -2.13. The molecular weight excluding hydrogens is 292 g/mol. The van der Waals surface area contributed by atoms with E-state index in [9.17, 15) is 4.79 Å². The third kappa shape index (κ3) is 2.53. The molecule has 2 rings (SSSR count). The van der Waals surface area contributed by atoms with Gasteiger partial charge in [-0.15, -0.1) is 0 Å². The largest absolute Gasteiger partial charge is 0.292 e. The van der Waals surface area contributed by atoms with E-state index in [1.807, 2.05) is 45.0 Å². The summed E-state index contributed by atoms with van der Waals surface area (Å²) in [6.07, 6.45) is 0. The van der Waals surface area contributed by atoms with Crippen LogP contribution in [0.1, 0.15) is 27.3 Å². The van der Waals surface area contributed by atoms with Gasteiger partial charge in [0.1, 0.15) is 6.54 Å². The number of halogens is 1. The number of carbonyl (C=O) groups excluding carboxylic acids is 1. The second-order valence-electron chi connectivity index (χ2n) is 4.43. The molecule has 0 aliphatic rings. The van der Waals surface area contributed by atoms with Gasteiger partial charge in [0, 0.05) is 5.56 Å². The quantitative estimate of drug-likeness (QED) is 0.814. The predicted octanol–water partition coefficient (Wildman–Crippen LogP) is 3.45. The average molecular weight is 307 g/mol. The van der Waals surface area contributed by atoms with Gasteiger partial charge in [0.15, 0.2) is 5.78 Å². The summed E-state index contributed by atoms with van der Waals surface area (Å²) in [6, 6.07) is 7.62. The molecule has 0 radical (unpaired) electrons. The summed E-state index contributed by atoms with van der Waals surface area (Å²) < 4.78 is 2.71. The molecule has 18 heavy (non-hydrogen) atoms. The molecule has 0 atom stereocenters. The van der Waals surface area contributed by atoms with E-state index >= 15 is 0 Å². The molecule has 1 aromatic carbocycles. The number of rotatable bonds is 3. The van der Waals surface area contributed by atoms with Crippen molar-refractivity contribution in [1.82, 2.24) is 9.78 Å². The van der Waals surface area contributed by atoms with Crippen molar-refractivity contribution in [3.05, 3.63) is 51.3 Å². The summed E-state index contributed by atoms with van der Waals surface area (Å²) in [4.78, 5) is 12.1. The summed E-state index contributed by atoms with van der Waals surface area (Å²) in [6.45, 7) is 6.16. The van der Waals surface area contributed by atoms with E-state index in [4.69, 9.17) is 0 Å². The van der Waals surface area contributed by atoms with Crippen molar-refractivity contribution in [2.75, 3.05) is 0 Å². The van der Waals surface area contributed by atoms with E-state index in [1.165, 1.54) is 0 Å². The summed E-state index contributed by atoms with van der Waals surface area (Å²) >= 11 is 3.46. The van der Waals surface area contributed by atoms with E-state index in [1.54, 1.807) is 4.68 Å². The molecule has 3 nitrogen and oxygen atoms in total. The van der Waals surface area contributed by atoms with Crippen LogP contribution >= 0.6 is 15.9 Å². The van der Waals surface area contributed by atoms with Gasteiger partial charge in [-0.1, -0.05) is 29.8 Å². The maximum atomic E-state index is 12.1. The smallest absolute Gasteiger partial charge is 0.184 e. The van der Waals surface area contributed by atoms with Gasteiger partial charge < -0.3 is 0 Å². The first-order chi connectivity index (χ1) is 8.49. The minimum atomic E-state index is 0.0769. The van der Waals surface area contributed by atoms with E-state index in [-0.39, 0.29) is 12.3 Å². The Morgan fingerprint density at radius 2 is 1.83 bits per heavy atom. The highest BCUT2D eigenvalue weighted by atomic mass is 79.9. The SMILES string of the molecule is Cc1ccc(C(=O)Cn2nc(C)c(Br)c2C)cc1. The molecule has 1 heterocycles. The zero-order chi connectivity index (χ0) is 13.3. The number of aryl methyl sites for hydroxylation is 2. The molecule has 1 aromatic heterocycles. The Morgan fingerprint density at radius 3 is 2.33 bits per heavy atom. The molecule has 0 fully saturated rings. The van der Waals surface area contributed by atoms with Crippen molar-refractivity contribution in [3.8, 4) is 0 Å². The van der Waals surface area contributed by atoms with Gasteiger partial charge in [0.2, 0.25) is 0 Å². The van der Waals surface area contributed by atoms with E-state index in [0.717, 1.165) is 27.0 Å². The minimum Gasteiger partial charge on any atom is -0.292 e. The molecule has 0 aliphatic carbocycles. The van der Waals surface area contributed by atoms with Gasteiger partial charge in [0.05, 0.1) is 15.9 Å². The Bertz CT molecular complexity index is 585. The monoisotopic (exact) mass is 306 g/mol. The third-order valence-corrected chi connectivity index (χ3v) is 4.11. The number of benzene rings is 1. The topological polar surface area (TPSA) is 34.9 Å². The van der Waals surface area contributed by atoms with Crippen LogP contribution in [0.15, 0.2) is 28.7 Å². The predicted molar refractivity (Wildman–Crippen MR) is 74.9 cm³/mol. The lowest BCUT2D eigenvalue weighted by atomic mass is 10.1. The highest BCUT2D eigenvalue weighted by Crippen LogP contribution is 2.20. The molecule has 0 N–H and O–H groups in total. The third-order valence-electron chi connectivity index (χ3n) is 2.96. The second kappa shape index (κ2) is 5.06. The molecule has 0 aliphatic heterocycles. The van der Waals surface area contributed by atoms with Gasteiger partial charge in [-0.3, -0.25) is 9.48 Å². The van der Waals surface area contributed by atoms with E-state index in [2.05, 4.69) is 21.0 Å². The van der Waals surface area contributed by atoms with Crippen LogP contribution < -0.4 is 0 Å². The standard InChI is InChI=1S/C14H15BrN2O/c1-9-4-6-12(7-5-9)13(18)8-17-11(3)14(15)10(2)16-17/h4-7H,8H2,1-3H3.